The molecule has 3 aromatic carbocycles. The van der Waals surface area contributed by atoms with Crippen molar-refractivity contribution in [1.82, 2.24) is 9.88 Å². The number of rotatable bonds is 8. The number of hydrogen-bond donors (Lipinski definition) is 1. The second-order valence-corrected chi connectivity index (χ2v) is 10.4. The molecule has 1 aromatic heterocycles. The summed E-state index contributed by atoms with van der Waals surface area (Å²) in [6.07, 6.45) is 3.34. The third-order valence-corrected chi connectivity index (χ3v) is 7.15. The molecule has 1 saturated heterocycles. The third kappa shape index (κ3) is 5.66. The maximum absolute atomic E-state index is 13.4. The molecular weight excluding hydrogens is 500 g/mol. The van der Waals surface area contributed by atoms with Crippen LogP contribution in [-0.2, 0) is 22.7 Å². The highest BCUT2D eigenvalue weighted by molar-refractivity contribution is 6.46. The Labute approximate surface area is 234 Å². The second-order valence-electron chi connectivity index (χ2n) is 10.4. The van der Waals surface area contributed by atoms with Crippen LogP contribution >= 0.6 is 0 Å². The Kier molecular flexibility index (Phi) is 7.78. The molecular formula is C34H32N2O4. The van der Waals surface area contributed by atoms with Gasteiger partial charge in [-0.3, -0.25) is 14.6 Å². The molecule has 1 amide bonds. The summed E-state index contributed by atoms with van der Waals surface area (Å²) in [5, 5.41) is 11.4. The van der Waals surface area contributed by atoms with Gasteiger partial charge in [-0.25, -0.2) is 0 Å². The van der Waals surface area contributed by atoms with Gasteiger partial charge in [-0.2, -0.15) is 0 Å². The molecule has 6 heteroatoms. The van der Waals surface area contributed by atoms with E-state index in [4.69, 9.17) is 4.74 Å². The van der Waals surface area contributed by atoms with Crippen LogP contribution in [0.1, 0.15) is 59.2 Å². The predicted molar refractivity (Wildman–Crippen MR) is 155 cm³/mol. The van der Waals surface area contributed by atoms with E-state index in [1.165, 1.54) is 4.90 Å². The number of carbonyl (C=O) groups excluding carboxylic acids is 2. The van der Waals surface area contributed by atoms with Gasteiger partial charge in [-0.1, -0.05) is 74.0 Å². The highest BCUT2D eigenvalue weighted by atomic mass is 16.5. The molecule has 1 aliphatic rings. The van der Waals surface area contributed by atoms with E-state index in [9.17, 15) is 14.7 Å². The van der Waals surface area contributed by atoms with Crippen molar-refractivity contribution in [3.63, 3.8) is 0 Å². The van der Waals surface area contributed by atoms with E-state index in [2.05, 4.69) is 24.9 Å². The minimum Gasteiger partial charge on any atom is -0.507 e. The molecule has 2 heterocycles. The van der Waals surface area contributed by atoms with Crippen LogP contribution in [0.4, 0.5) is 0 Å². The number of aromatic nitrogens is 1. The highest BCUT2D eigenvalue weighted by Gasteiger charge is 2.46. The van der Waals surface area contributed by atoms with Gasteiger partial charge in [-0.05, 0) is 65.4 Å². The summed E-state index contributed by atoms with van der Waals surface area (Å²) in [6, 6.07) is 25.8. The van der Waals surface area contributed by atoms with Crippen LogP contribution in [0.2, 0.25) is 0 Å². The lowest BCUT2D eigenvalue weighted by molar-refractivity contribution is -0.140. The average molecular weight is 533 g/mol. The predicted octanol–water partition coefficient (Wildman–Crippen LogP) is 6.71. The Morgan fingerprint density at radius 3 is 2.33 bits per heavy atom. The Balaban J connectivity index is 1.48. The zero-order valence-corrected chi connectivity index (χ0v) is 22.9. The van der Waals surface area contributed by atoms with Gasteiger partial charge in [0, 0.05) is 24.5 Å². The van der Waals surface area contributed by atoms with Gasteiger partial charge in [0.25, 0.3) is 11.7 Å². The lowest BCUT2D eigenvalue weighted by Crippen LogP contribution is -2.29. The van der Waals surface area contributed by atoms with Crippen LogP contribution in [-0.4, -0.2) is 26.7 Å². The first-order chi connectivity index (χ1) is 19.3. The van der Waals surface area contributed by atoms with Gasteiger partial charge in [0.1, 0.15) is 18.1 Å². The molecule has 4 aromatic rings. The lowest BCUT2D eigenvalue weighted by atomic mass is 9.93. The summed E-state index contributed by atoms with van der Waals surface area (Å²) in [5.41, 5.74) is 5.43. The molecule has 0 spiro atoms. The number of amides is 1. The second kappa shape index (κ2) is 11.6. The fourth-order valence-electron chi connectivity index (χ4n) is 4.97. The number of likely N-dealkylation sites (tertiary alicyclic amines) is 1. The van der Waals surface area contributed by atoms with Crippen LogP contribution in [0.3, 0.4) is 0 Å². The molecule has 1 atom stereocenters. The van der Waals surface area contributed by atoms with E-state index >= 15 is 0 Å². The van der Waals surface area contributed by atoms with E-state index in [0.717, 1.165) is 27.8 Å². The van der Waals surface area contributed by atoms with Gasteiger partial charge in [0.05, 0.1) is 11.6 Å². The molecule has 202 valence electrons. The fraction of sp³-hybridized carbons (Fsp3) is 0.206. The number of hydrogen-bond acceptors (Lipinski definition) is 5. The zero-order chi connectivity index (χ0) is 28.2. The molecule has 6 nitrogen and oxygen atoms in total. The number of aliphatic hydroxyl groups excluding tert-OH is 1. The Morgan fingerprint density at radius 1 is 0.950 bits per heavy atom. The fourth-order valence-corrected chi connectivity index (χ4v) is 4.97. The first-order valence-corrected chi connectivity index (χ1v) is 13.4. The largest absolute Gasteiger partial charge is 0.507 e. The SMILES string of the molecule is Cc1cccc(COc2ccc(C(O)=C3C(=O)C(=O)N(Cc4cccnc4)C3c3ccc(C(C)C)cc3)cc2)c1. The van der Waals surface area contributed by atoms with E-state index < -0.39 is 17.7 Å². The number of ether oxygens (including phenoxy) is 1. The third-order valence-electron chi connectivity index (χ3n) is 7.15. The van der Waals surface area contributed by atoms with Crippen LogP contribution < -0.4 is 4.74 Å². The van der Waals surface area contributed by atoms with E-state index in [0.29, 0.717) is 23.8 Å². The van der Waals surface area contributed by atoms with Crippen molar-refractivity contribution >= 4 is 17.4 Å². The molecule has 0 bridgehead atoms. The van der Waals surface area contributed by atoms with E-state index in [1.54, 1.807) is 42.7 Å². The zero-order valence-electron chi connectivity index (χ0n) is 22.9. The Morgan fingerprint density at radius 2 is 1.68 bits per heavy atom. The van der Waals surface area contributed by atoms with Crippen molar-refractivity contribution < 1.29 is 19.4 Å². The molecule has 1 N–H and O–H groups in total. The van der Waals surface area contributed by atoms with Crippen molar-refractivity contribution in [2.24, 2.45) is 0 Å². The van der Waals surface area contributed by atoms with Crippen molar-refractivity contribution in [3.05, 3.63) is 136 Å². The molecule has 0 radical (unpaired) electrons. The van der Waals surface area contributed by atoms with Crippen molar-refractivity contribution in [2.75, 3.05) is 0 Å². The van der Waals surface area contributed by atoms with E-state index in [1.807, 2.05) is 55.5 Å². The van der Waals surface area contributed by atoms with E-state index in [-0.39, 0.29) is 17.9 Å². The number of aliphatic hydroxyl groups is 1. The van der Waals surface area contributed by atoms with Gasteiger partial charge in [0.2, 0.25) is 0 Å². The molecule has 0 saturated carbocycles. The Bertz CT molecular complexity index is 1540. The first kappa shape index (κ1) is 26.9. The maximum Gasteiger partial charge on any atom is 0.295 e. The van der Waals surface area contributed by atoms with Gasteiger partial charge >= 0.3 is 0 Å². The quantitative estimate of drug-likeness (QED) is 0.155. The minimum atomic E-state index is -0.737. The van der Waals surface area contributed by atoms with Crippen molar-refractivity contribution in [3.8, 4) is 5.75 Å². The monoisotopic (exact) mass is 532 g/mol. The summed E-state index contributed by atoms with van der Waals surface area (Å²) in [5.74, 6) is -0.603. The van der Waals surface area contributed by atoms with Gasteiger partial charge in [-0.15, -0.1) is 0 Å². The first-order valence-electron chi connectivity index (χ1n) is 13.4. The number of aryl methyl sites for hydroxylation is 1. The summed E-state index contributed by atoms with van der Waals surface area (Å²) < 4.78 is 5.92. The average Bonchev–Trinajstić information content (AvgIpc) is 3.21. The van der Waals surface area contributed by atoms with Crippen molar-refractivity contribution in [2.45, 2.75) is 45.9 Å². The lowest BCUT2D eigenvalue weighted by Gasteiger charge is -2.25. The highest BCUT2D eigenvalue weighted by Crippen LogP contribution is 2.40. The smallest absolute Gasteiger partial charge is 0.295 e. The number of carbonyl (C=O) groups is 2. The topological polar surface area (TPSA) is 79.7 Å². The molecule has 40 heavy (non-hydrogen) atoms. The van der Waals surface area contributed by atoms with Gasteiger partial charge < -0.3 is 14.7 Å². The summed E-state index contributed by atoms with van der Waals surface area (Å²) in [6.45, 7) is 6.86. The number of ketones is 1. The van der Waals surface area contributed by atoms with Crippen LogP contribution in [0.15, 0.2) is 103 Å². The normalized spacial score (nSPS) is 16.5. The minimum absolute atomic E-state index is 0.0691. The molecule has 0 aliphatic carbocycles. The number of Topliss-reactive ketones (excluding diaryl/α,β-unsaturated/α-hetero) is 1. The van der Waals surface area contributed by atoms with Crippen LogP contribution in [0, 0.1) is 6.92 Å². The van der Waals surface area contributed by atoms with Crippen molar-refractivity contribution in [1.29, 1.82) is 0 Å². The summed E-state index contributed by atoms with van der Waals surface area (Å²) >= 11 is 0. The number of nitrogens with zero attached hydrogens (tertiary/aromatic N) is 2. The molecule has 5 rings (SSSR count). The Hall–Kier alpha value is -4.71. The van der Waals surface area contributed by atoms with Gasteiger partial charge in [0.15, 0.2) is 0 Å². The molecule has 1 aliphatic heterocycles. The van der Waals surface area contributed by atoms with Crippen LogP contribution in [0.25, 0.3) is 5.76 Å². The summed E-state index contributed by atoms with van der Waals surface area (Å²) in [7, 11) is 0. The maximum atomic E-state index is 13.4. The van der Waals surface area contributed by atoms with Crippen LogP contribution in [0.5, 0.6) is 5.75 Å². The standard InChI is InChI=1S/C34H32N2O4/c1-22(2)26-9-11-27(12-10-26)31-30(33(38)34(39)36(31)20-25-8-5-17-35-19-25)32(37)28-13-15-29(16-14-28)40-21-24-7-4-6-23(3)18-24/h4-19,22,31,37H,20-21H2,1-3H3. The molecule has 1 unspecified atom stereocenters. The number of pyridine rings is 1. The summed E-state index contributed by atoms with van der Waals surface area (Å²) in [4.78, 5) is 32.3. The number of benzene rings is 3. The molecule has 1 fully saturated rings.